The smallest absolute Gasteiger partial charge is 0.747 e. The van der Waals surface area contributed by atoms with Crippen LogP contribution >= 0.6 is 0 Å². The first kappa shape index (κ1) is 33.5. The molecule has 0 aromatic heterocycles. The molecule has 0 spiro atoms. The van der Waals surface area contributed by atoms with Gasteiger partial charge in [-0.3, -0.25) is 14.4 Å². The summed E-state index contributed by atoms with van der Waals surface area (Å²) in [5, 5.41) is -2.39. The maximum absolute atomic E-state index is 12.6. The van der Waals surface area contributed by atoms with Gasteiger partial charge >= 0.3 is 47.5 Å². The van der Waals surface area contributed by atoms with Crippen LogP contribution in [-0.2, 0) is 38.7 Å². The van der Waals surface area contributed by atoms with Crippen LogP contribution in [0.2, 0.25) is 0 Å². The number of esters is 3. The van der Waals surface area contributed by atoms with Crippen molar-refractivity contribution in [2.75, 3.05) is 19.8 Å². The summed E-state index contributed by atoms with van der Waals surface area (Å²) in [5.41, 5.74) is 0. The fraction of sp³-hybridized carbons (Fsp3) is 0.857. The van der Waals surface area contributed by atoms with Gasteiger partial charge in [0, 0.05) is 0 Å². The van der Waals surface area contributed by atoms with Crippen molar-refractivity contribution in [1.29, 1.82) is 0 Å². The van der Waals surface area contributed by atoms with Crippen molar-refractivity contribution in [3.63, 3.8) is 0 Å². The van der Waals surface area contributed by atoms with E-state index in [4.69, 9.17) is 14.2 Å². The minimum absolute atomic E-state index is 0. The molecule has 182 valence electrons. The van der Waals surface area contributed by atoms with Gasteiger partial charge in [0.1, 0.15) is 10.1 Å². The standard InChI is InChI=1S/C21H38O9S.Na/c1-7-14(4)11-28-18(22)10-17(20(23)29-12-15(5)8-2)19(31(25,26)27)21(24)30-13-16(6)9-3;/h14-17,19H,7-13H2,1-6H3,(H,25,26,27);/q;+1/p-1. The van der Waals surface area contributed by atoms with Crippen molar-refractivity contribution >= 4 is 28.0 Å². The largest absolute Gasteiger partial charge is 1.00 e. The van der Waals surface area contributed by atoms with E-state index in [2.05, 4.69) is 0 Å². The Labute approximate surface area is 214 Å². The summed E-state index contributed by atoms with van der Waals surface area (Å²) in [6.07, 6.45) is 1.31. The minimum atomic E-state index is -5.32. The van der Waals surface area contributed by atoms with Crippen LogP contribution in [-0.4, -0.2) is 55.9 Å². The van der Waals surface area contributed by atoms with Gasteiger partial charge in [-0.1, -0.05) is 60.8 Å². The van der Waals surface area contributed by atoms with Gasteiger partial charge in [-0.25, -0.2) is 8.42 Å². The molecule has 0 saturated carbocycles. The van der Waals surface area contributed by atoms with Gasteiger partial charge in [-0.15, -0.1) is 0 Å². The number of rotatable bonds is 15. The number of hydrogen-bond acceptors (Lipinski definition) is 9. The summed E-state index contributed by atoms with van der Waals surface area (Å²) in [6.45, 7) is 11.0. The van der Waals surface area contributed by atoms with E-state index in [0.29, 0.717) is 12.8 Å². The molecule has 0 aromatic rings. The number of hydrogen-bond donors (Lipinski definition) is 0. The summed E-state index contributed by atoms with van der Waals surface area (Å²) in [7, 11) is -5.32. The van der Waals surface area contributed by atoms with E-state index >= 15 is 0 Å². The van der Waals surface area contributed by atoms with Gasteiger partial charge in [-0.05, 0) is 17.8 Å². The van der Waals surface area contributed by atoms with E-state index < -0.39 is 45.6 Å². The van der Waals surface area contributed by atoms with Crippen molar-refractivity contribution in [2.24, 2.45) is 23.7 Å². The first-order valence-electron chi connectivity index (χ1n) is 10.8. The van der Waals surface area contributed by atoms with Crippen LogP contribution < -0.4 is 29.6 Å². The molecule has 0 radical (unpaired) electrons. The van der Waals surface area contributed by atoms with Crippen LogP contribution in [0.4, 0.5) is 0 Å². The molecule has 11 heteroatoms. The van der Waals surface area contributed by atoms with Crippen molar-refractivity contribution < 1.29 is 71.1 Å². The van der Waals surface area contributed by atoms with E-state index in [1.54, 1.807) is 6.92 Å². The third-order valence-electron chi connectivity index (χ3n) is 5.24. The van der Waals surface area contributed by atoms with Gasteiger partial charge in [0.05, 0.1) is 32.2 Å². The van der Waals surface area contributed by atoms with Gasteiger partial charge in [-0.2, -0.15) is 0 Å². The summed E-state index contributed by atoms with van der Waals surface area (Å²) in [6, 6.07) is 0. The Morgan fingerprint density at radius 3 is 1.50 bits per heavy atom. The number of carbonyl (C=O) groups is 3. The molecule has 0 saturated heterocycles. The van der Waals surface area contributed by atoms with E-state index in [1.165, 1.54) is 0 Å². The zero-order chi connectivity index (χ0) is 24.2. The second-order valence-electron chi connectivity index (χ2n) is 8.21. The van der Waals surface area contributed by atoms with E-state index in [9.17, 15) is 27.4 Å². The maximum Gasteiger partial charge on any atom is 1.00 e. The summed E-state index contributed by atoms with van der Waals surface area (Å²) >= 11 is 0. The Morgan fingerprint density at radius 1 is 0.750 bits per heavy atom. The van der Waals surface area contributed by atoms with Crippen molar-refractivity contribution in [1.82, 2.24) is 0 Å². The molecule has 0 amide bonds. The number of carbonyl (C=O) groups excluding carboxylic acids is 3. The monoisotopic (exact) mass is 488 g/mol. The molecule has 9 nitrogen and oxygen atoms in total. The average molecular weight is 489 g/mol. The summed E-state index contributed by atoms with van der Waals surface area (Å²) in [4.78, 5) is 37.4. The predicted molar refractivity (Wildman–Crippen MR) is 113 cm³/mol. The first-order valence-corrected chi connectivity index (χ1v) is 12.3. The second-order valence-corrected chi connectivity index (χ2v) is 9.70. The normalized spacial score (nSPS) is 16.0. The fourth-order valence-corrected chi connectivity index (χ4v) is 3.18. The van der Waals surface area contributed by atoms with Crippen LogP contribution in [0.5, 0.6) is 0 Å². The van der Waals surface area contributed by atoms with Gasteiger partial charge in [0.25, 0.3) is 0 Å². The Bertz CT molecular complexity index is 681. The molecule has 0 aromatic carbocycles. The Kier molecular flexibility index (Phi) is 17.6. The fourth-order valence-electron chi connectivity index (χ4n) is 2.26. The third-order valence-corrected chi connectivity index (χ3v) is 6.38. The molecule has 0 aliphatic rings. The van der Waals surface area contributed by atoms with E-state index in [-0.39, 0.29) is 67.1 Å². The molecule has 0 aliphatic heterocycles. The topological polar surface area (TPSA) is 136 Å². The Hall–Kier alpha value is -0.680. The molecule has 0 bridgehead atoms. The molecular formula is C21H37NaO9S. The van der Waals surface area contributed by atoms with Gasteiger partial charge in [0.15, 0.2) is 5.25 Å². The SMILES string of the molecule is CCC(C)COC(=O)CC(C(=O)OCC(C)CC)C(C(=O)OCC(C)CC)S(=O)(=O)[O-].[Na+]. The summed E-state index contributed by atoms with van der Waals surface area (Å²) < 4.78 is 50.9. The quantitative estimate of drug-likeness (QED) is 0.131. The molecule has 0 aliphatic carbocycles. The molecule has 0 fully saturated rings. The van der Waals surface area contributed by atoms with Crippen LogP contribution in [0, 0.1) is 23.7 Å². The van der Waals surface area contributed by atoms with Gasteiger partial charge < -0.3 is 18.8 Å². The summed E-state index contributed by atoms with van der Waals surface area (Å²) in [5.74, 6) is -5.27. The first-order chi connectivity index (χ1) is 14.4. The molecule has 32 heavy (non-hydrogen) atoms. The molecule has 0 heterocycles. The zero-order valence-electron chi connectivity index (χ0n) is 20.4. The third kappa shape index (κ3) is 13.1. The Morgan fingerprint density at radius 2 is 1.12 bits per heavy atom. The van der Waals surface area contributed by atoms with Gasteiger partial charge in [0.2, 0.25) is 0 Å². The number of ether oxygens (including phenoxy) is 3. The molecular weight excluding hydrogens is 451 g/mol. The molecule has 5 atom stereocenters. The van der Waals surface area contributed by atoms with Crippen LogP contribution in [0.3, 0.4) is 0 Å². The van der Waals surface area contributed by atoms with Crippen LogP contribution in [0.15, 0.2) is 0 Å². The zero-order valence-corrected chi connectivity index (χ0v) is 23.2. The second kappa shape index (κ2) is 16.9. The molecule has 0 N–H and O–H groups in total. The molecule has 5 unspecified atom stereocenters. The van der Waals surface area contributed by atoms with Crippen molar-refractivity contribution in [3.8, 4) is 0 Å². The van der Waals surface area contributed by atoms with Crippen LogP contribution in [0.25, 0.3) is 0 Å². The average Bonchev–Trinajstić information content (AvgIpc) is 2.71. The maximum atomic E-state index is 12.6. The minimum Gasteiger partial charge on any atom is -0.747 e. The Balaban J connectivity index is 0. The molecule has 0 rings (SSSR count). The van der Waals surface area contributed by atoms with Crippen molar-refractivity contribution in [2.45, 2.75) is 72.5 Å². The predicted octanol–water partition coefficient (Wildman–Crippen LogP) is -0.322. The van der Waals surface area contributed by atoms with Crippen LogP contribution in [0.1, 0.15) is 67.2 Å². The van der Waals surface area contributed by atoms with E-state index in [0.717, 1.165) is 6.42 Å². The van der Waals surface area contributed by atoms with Crippen molar-refractivity contribution in [3.05, 3.63) is 0 Å². The van der Waals surface area contributed by atoms with E-state index in [1.807, 2.05) is 34.6 Å².